The van der Waals surface area contributed by atoms with E-state index in [2.05, 4.69) is 10.3 Å². The minimum Gasteiger partial charge on any atom is -0.410 e. The van der Waals surface area contributed by atoms with E-state index in [1.807, 2.05) is 6.07 Å². The van der Waals surface area contributed by atoms with E-state index in [0.29, 0.717) is 75.0 Å². The molecule has 2 aliphatic heterocycles. The van der Waals surface area contributed by atoms with E-state index in [-0.39, 0.29) is 11.8 Å². The molecule has 188 valence electrons. The van der Waals surface area contributed by atoms with E-state index < -0.39 is 6.09 Å². The van der Waals surface area contributed by atoms with Gasteiger partial charge in [0.05, 0.1) is 56.3 Å². The first-order valence-corrected chi connectivity index (χ1v) is 12.3. The van der Waals surface area contributed by atoms with E-state index in [1.165, 1.54) is 0 Å². The highest BCUT2D eigenvalue weighted by Gasteiger charge is 2.36. The van der Waals surface area contributed by atoms with Crippen LogP contribution in [0.3, 0.4) is 0 Å². The van der Waals surface area contributed by atoms with Crippen molar-refractivity contribution in [3.05, 3.63) is 40.5 Å². The Hall–Kier alpha value is -3.47. The molecule has 0 spiro atoms. The molecule has 1 aliphatic carbocycles. The second-order valence-corrected chi connectivity index (χ2v) is 9.12. The summed E-state index contributed by atoms with van der Waals surface area (Å²) in [6.45, 7) is 3.30. The normalized spacial score (nSPS) is 19.1. The number of nitrogens with zero attached hydrogens (tertiary/aromatic N) is 1. The van der Waals surface area contributed by atoms with Crippen molar-refractivity contribution >= 4 is 39.7 Å². The van der Waals surface area contributed by atoms with Crippen LogP contribution in [0.5, 0.6) is 5.75 Å². The first kappa shape index (κ1) is 23.0. The first-order valence-electron chi connectivity index (χ1n) is 12.3. The van der Waals surface area contributed by atoms with Gasteiger partial charge in [-0.15, -0.1) is 0 Å². The molecule has 1 saturated heterocycles. The number of aromatic amines is 1. The fourth-order valence-corrected chi connectivity index (χ4v) is 5.35. The Bertz CT molecular complexity index is 1370. The molecular formula is C26H27N3O7. The first-order chi connectivity index (χ1) is 17.6. The molecule has 10 heteroatoms. The molecule has 3 aliphatic rings. The zero-order chi connectivity index (χ0) is 24.6. The van der Waals surface area contributed by atoms with E-state index in [1.54, 1.807) is 17.0 Å². The lowest BCUT2D eigenvalue weighted by Gasteiger charge is -2.22. The van der Waals surface area contributed by atoms with Gasteiger partial charge in [-0.3, -0.25) is 14.9 Å². The minimum absolute atomic E-state index is 0.335. The second kappa shape index (κ2) is 9.53. The Morgan fingerprint density at radius 3 is 2.28 bits per heavy atom. The molecule has 0 saturated carbocycles. The molecule has 2 N–H and O–H groups in total. The summed E-state index contributed by atoms with van der Waals surface area (Å²) in [6.07, 6.45) is 2.06. The van der Waals surface area contributed by atoms with Crippen molar-refractivity contribution in [1.82, 2.24) is 15.2 Å². The Labute approximate surface area is 206 Å². The Kier molecular flexibility index (Phi) is 6.08. The molecular weight excluding hydrogens is 466 g/mol. The van der Waals surface area contributed by atoms with E-state index >= 15 is 0 Å². The molecule has 3 heterocycles. The number of ether oxygens (including phenoxy) is 4. The van der Waals surface area contributed by atoms with E-state index in [4.69, 9.17) is 18.9 Å². The van der Waals surface area contributed by atoms with E-state index in [9.17, 15) is 14.4 Å². The number of rotatable bonds is 1. The number of amides is 3. The maximum Gasteiger partial charge on any atom is 0.415 e. The van der Waals surface area contributed by atoms with Crippen LogP contribution in [-0.2, 0) is 27.1 Å². The molecule has 2 aromatic carbocycles. The second-order valence-electron chi connectivity index (χ2n) is 9.12. The lowest BCUT2D eigenvalue weighted by Crippen LogP contribution is -2.39. The van der Waals surface area contributed by atoms with Crippen LogP contribution in [0.1, 0.15) is 38.3 Å². The van der Waals surface area contributed by atoms with Crippen LogP contribution in [0.25, 0.3) is 21.8 Å². The van der Waals surface area contributed by atoms with Crippen LogP contribution in [0, 0.1) is 0 Å². The van der Waals surface area contributed by atoms with Gasteiger partial charge in [0.15, 0.2) is 0 Å². The summed E-state index contributed by atoms with van der Waals surface area (Å²) in [7, 11) is 0. The van der Waals surface area contributed by atoms with Crippen LogP contribution in [0.4, 0.5) is 4.79 Å². The summed E-state index contributed by atoms with van der Waals surface area (Å²) >= 11 is 0. The lowest BCUT2D eigenvalue weighted by molar-refractivity contribution is -0.00342. The SMILES string of the molecule is O=C1NC(=O)c2c1c1c(c3[nH]c4ccc(OC(=O)N5CCOCCOCCOCC5)cc4c23)CCC1. The number of carbonyl (C=O) groups excluding carboxylic acids is 3. The number of nitrogens with one attached hydrogen (secondary N) is 2. The van der Waals surface area contributed by atoms with Crippen molar-refractivity contribution in [1.29, 1.82) is 0 Å². The molecule has 3 aromatic rings. The Balaban J connectivity index is 1.32. The predicted octanol–water partition coefficient (Wildman–Crippen LogP) is 2.56. The molecule has 0 unspecified atom stereocenters. The number of fused-ring (bicyclic) bond motifs is 8. The lowest BCUT2D eigenvalue weighted by atomic mass is 9.94. The zero-order valence-corrected chi connectivity index (χ0v) is 19.8. The van der Waals surface area contributed by atoms with Gasteiger partial charge in [-0.2, -0.15) is 0 Å². The number of hydrogen-bond acceptors (Lipinski definition) is 7. The van der Waals surface area contributed by atoms with Crippen LogP contribution in [0.2, 0.25) is 0 Å². The number of aryl methyl sites for hydroxylation is 1. The highest BCUT2D eigenvalue weighted by atomic mass is 16.6. The summed E-state index contributed by atoms with van der Waals surface area (Å²) in [5.74, 6) is -0.366. The van der Waals surface area contributed by atoms with Crippen molar-refractivity contribution in [3.63, 3.8) is 0 Å². The fourth-order valence-electron chi connectivity index (χ4n) is 5.35. The minimum atomic E-state index is -0.506. The van der Waals surface area contributed by atoms with Gasteiger partial charge in [-0.25, -0.2) is 4.79 Å². The van der Waals surface area contributed by atoms with Crippen molar-refractivity contribution in [2.24, 2.45) is 0 Å². The highest BCUT2D eigenvalue weighted by molar-refractivity contribution is 6.31. The fraction of sp³-hybridized carbons (Fsp3) is 0.423. The summed E-state index contributed by atoms with van der Waals surface area (Å²) in [5, 5.41) is 3.91. The van der Waals surface area contributed by atoms with Crippen LogP contribution in [0.15, 0.2) is 18.2 Å². The van der Waals surface area contributed by atoms with Crippen molar-refractivity contribution < 1.29 is 33.3 Å². The van der Waals surface area contributed by atoms with Gasteiger partial charge in [0.1, 0.15) is 5.75 Å². The Morgan fingerprint density at radius 1 is 0.861 bits per heavy atom. The predicted molar refractivity (Wildman–Crippen MR) is 130 cm³/mol. The number of imide groups is 1. The molecule has 3 amide bonds. The molecule has 0 radical (unpaired) electrons. The quantitative estimate of drug-likeness (QED) is 0.500. The van der Waals surface area contributed by atoms with Gasteiger partial charge < -0.3 is 28.8 Å². The van der Waals surface area contributed by atoms with Crippen molar-refractivity contribution in [2.75, 3.05) is 52.7 Å². The third-order valence-corrected chi connectivity index (χ3v) is 6.99. The smallest absolute Gasteiger partial charge is 0.410 e. The third-order valence-electron chi connectivity index (χ3n) is 6.99. The maximum absolute atomic E-state index is 13.0. The average Bonchev–Trinajstić information content (AvgIpc) is 3.54. The van der Waals surface area contributed by atoms with Gasteiger partial charge in [0, 0.05) is 29.4 Å². The number of carbonyl (C=O) groups is 3. The van der Waals surface area contributed by atoms with Crippen LogP contribution >= 0.6 is 0 Å². The average molecular weight is 494 g/mol. The number of hydrogen-bond donors (Lipinski definition) is 2. The largest absolute Gasteiger partial charge is 0.415 e. The molecule has 6 rings (SSSR count). The topological polar surface area (TPSA) is 119 Å². The monoisotopic (exact) mass is 493 g/mol. The Morgan fingerprint density at radius 2 is 1.53 bits per heavy atom. The summed E-state index contributed by atoms with van der Waals surface area (Å²) in [4.78, 5) is 43.4. The van der Waals surface area contributed by atoms with Crippen molar-refractivity contribution in [2.45, 2.75) is 19.3 Å². The summed E-state index contributed by atoms with van der Waals surface area (Å²) < 4.78 is 22.2. The third kappa shape index (κ3) is 4.01. The van der Waals surface area contributed by atoms with Crippen LogP contribution in [-0.4, -0.2) is 80.5 Å². The molecule has 0 bridgehead atoms. The molecule has 1 aromatic heterocycles. The number of H-pyrrole nitrogens is 1. The van der Waals surface area contributed by atoms with Gasteiger partial charge in [-0.1, -0.05) is 0 Å². The van der Waals surface area contributed by atoms with E-state index in [0.717, 1.165) is 46.8 Å². The van der Waals surface area contributed by atoms with Crippen LogP contribution < -0.4 is 10.1 Å². The van der Waals surface area contributed by atoms with Crippen molar-refractivity contribution in [3.8, 4) is 5.75 Å². The van der Waals surface area contributed by atoms with Gasteiger partial charge >= 0.3 is 6.09 Å². The molecule has 1 fully saturated rings. The summed E-state index contributed by atoms with van der Waals surface area (Å²) in [6, 6.07) is 5.32. The molecule has 10 nitrogen and oxygen atoms in total. The summed E-state index contributed by atoms with van der Waals surface area (Å²) in [5.41, 5.74) is 4.65. The standard InChI is InChI=1S/C26H27N3O7/c30-24-21-16-2-1-3-17(16)23-20(22(21)25(31)28-24)18-14-15(4-5-19(18)27-23)36-26(32)29-6-8-33-10-12-35-13-11-34-9-7-29/h4-5,14,27H,1-3,6-13H2,(H,28,30,31). The number of benzene rings is 2. The van der Waals surface area contributed by atoms with Gasteiger partial charge in [0.25, 0.3) is 11.8 Å². The highest BCUT2D eigenvalue weighted by Crippen LogP contribution is 2.41. The molecule has 0 atom stereocenters. The maximum atomic E-state index is 13.0. The van der Waals surface area contributed by atoms with Gasteiger partial charge in [0.2, 0.25) is 0 Å². The van der Waals surface area contributed by atoms with Gasteiger partial charge in [-0.05, 0) is 48.6 Å². The molecule has 36 heavy (non-hydrogen) atoms. The number of aromatic nitrogens is 1. The zero-order valence-electron chi connectivity index (χ0n) is 19.8.